The number of morpholine rings is 1. The van der Waals surface area contributed by atoms with Gasteiger partial charge in [-0.2, -0.15) is 0 Å². The van der Waals surface area contributed by atoms with E-state index in [1.54, 1.807) is 0 Å². The molecule has 1 saturated heterocycles. The van der Waals surface area contributed by atoms with Gasteiger partial charge in [-0.05, 0) is 30.5 Å². The van der Waals surface area contributed by atoms with Crippen molar-refractivity contribution in [1.29, 1.82) is 0 Å². The van der Waals surface area contributed by atoms with Gasteiger partial charge in [0.05, 0.1) is 19.0 Å². The van der Waals surface area contributed by atoms with Gasteiger partial charge in [-0.15, -0.1) is 10.2 Å². The van der Waals surface area contributed by atoms with E-state index in [9.17, 15) is 4.79 Å². The summed E-state index contributed by atoms with van der Waals surface area (Å²) in [6.07, 6.45) is 0. The highest BCUT2D eigenvalue weighted by Gasteiger charge is 2.20. The molecule has 1 N–H and O–H groups in total. The molecule has 0 bridgehead atoms. The highest BCUT2D eigenvalue weighted by Crippen LogP contribution is 2.23. The Morgan fingerprint density at radius 1 is 1.22 bits per heavy atom. The van der Waals surface area contributed by atoms with E-state index >= 15 is 0 Å². The number of nitrogens with one attached hydrogen (secondary N) is 1. The van der Waals surface area contributed by atoms with Gasteiger partial charge >= 0.3 is 0 Å². The van der Waals surface area contributed by atoms with Gasteiger partial charge in [0.25, 0.3) is 0 Å². The van der Waals surface area contributed by atoms with E-state index in [2.05, 4.69) is 57.9 Å². The maximum atomic E-state index is 12.3. The standard InChI is InChI=1S/C19H27N5O2S/c1-4-24-18(23-9-11-26-12-10-23)21-22-19(24)27-13-17(25)20-16-7-5-15(6-8-16)14(2)3/h5-8,14H,4,9-13H2,1-3H3,(H,20,25). The van der Waals surface area contributed by atoms with Crippen molar-refractivity contribution >= 4 is 29.3 Å². The molecule has 2 aromatic rings. The first-order valence-corrected chi connectivity index (χ1v) is 10.4. The summed E-state index contributed by atoms with van der Waals surface area (Å²) in [5.41, 5.74) is 2.07. The molecule has 0 atom stereocenters. The summed E-state index contributed by atoms with van der Waals surface area (Å²) in [4.78, 5) is 14.5. The summed E-state index contributed by atoms with van der Waals surface area (Å²) in [7, 11) is 0. The SMILES string of the molecule is CCn1c(SCC(=O)Nc2ccc(C(C)C)cc2)nnc1N1CCOCC1. The van der Waals surface area contributed by atoms with Gasteiger partial charge in [0.2, 0.25) is 11.9 Å². The van der Waals surface area contributed by atoms with Gasteiger partial charge in [-0.25, -0.2) is 0 Å². The first-order valence-electron chi connectivity index (χ1n) is 9.37. The Morgan fingerprint density at radius 2 is 1.93 bits per heavy atom. The van der Waals surface area contributed by atoms with Crippen molar-refractivity contribution in [2.75, 3.05) is 42.3 Å². The zero-order chi connectivity index (χ0) is 19.2. The largest absolute Gasteiger partial charge is 0.378 e. The predicted molar refractivity (Wildman–Crippen MR) is 109 cm³/mol. The van der Waals surface area contributed by atoms with Crippen LogP contribution >= 0.6 is 11.8 Å². The third-order valence-electron chi connectivity index (χ3n) is 4.50. The van der Waals surface area contributed by atoms with E-state index in [1.165, 1.54) is 17.3 Å². The van der Waals surface area contributed by atoms with Crippen molar-refractivity contribution in [1.82, 2.24) is 14.8 Å². The summed E-state index contributed by atoms with van der Waals surface area (Å²) in [5.74, 6) is 1.59. The molecule has 146 valence electrons. The molecule has 0 radical (unpaired) electrons. The first-order chi connectivity index (χ1) is 13.1. The number of amides is 1. The van der Waals surface area contributed by atoms with Gasteiger partial charge in [0, 0.05) is 25.3 Å². The zero-order valence-corrected chi connectivity index (χ0v) is 17.0. The Balaban J connectivity index is 1.57. The lowest BCUT2D eigenvalue weighted by Gasteiger charge is -2.27. The minimum atomic E-state index is -0.0455. The minimum Gasteiger partial charge on any atom is -0.378 e. The molecule has 2 heterocycles. The zero-order valence-electron chi connectivity index (χ0n) is 16.1. The van der Waals surface area contributed by atoms with Crippen LogP contribution in [0.5, 0.6) is 0 Å². The molecule has 7 nitrogen and oxygen atoms in total. The second-order valence-electron chi connectivity index (χ2n) is 6.74. The molecular formula is C19H27N5O2S. The topological polar surface area (TPSA) is 72.3 Å². The smallest absolute Gasteiger partial charge is 0.234 e. The van der Waals surface area contributed by atoms with Crippen molar-refractivity contribution < 1.29 is 9.53 Å². The average molecular weight is 390 g/mol. The van der Waals surface area contributed by atoms with Gasteiger partial charge in [0.1, 0.15) is 0 Å². The highest BCUT2D eigenvalue weighted by atomic mass is 32.2. The van der Waals surface area contributed by atoms with E-state index in [4.69, 9.17) is 4.74 Å². The Bertz CT molecular complexity index is 754. The fourth-order valence-corrected chi connectivity index (χ4v) is 3.74. The van der Waals surface area contributed by atoms with E-state index in [-0.39, 0.29) is 5.91 Å². The highest BCUT2D eigenvalue weighted by molar-refractivity contribution is 7.99. The molecule has 3 rings (SSSR count). The van der Waals surface area contributed by atoms with Gasteiger partial charge in [0.15, 0.2) is 5.16 Å². The van der Waals surface area contributed by atoms with Crippen LogP contribution in [0.3, 0.4) is 0 Å². The van der Waals surface area contributed by atoms with Crippen LogP contribution in [0.1, 0.15) is 32.3 Å². The van der Waals surface area contributed by atoms with Crippen molar-refractivity contribution in [2.24, 2.45) is 0 Å². The lowest BCUT2D eigenvalue weighted by Crippen LogP contribution is -2.38. The third kappa shape index (κ3) is 5.01. The van der Waals surface area contributed by atoms with Crippen molar-refractivity contribution in [3.8, 4) is 0 Å². The number of anilines is 2. The molecule has 1 aromatic carbocycles. The molecule has 27 heavy (non-hydrogen) atoms. The Kier molecular flexibility index (Phi) is 6.73. The lowest BCUT2D eigenvalue weighted by atomic mass is 10.0. The van der Waals surface area contributed by atoms with Crippen LogP contribution in [0.4, 0.5) is 11.6 Å². The summed E-state index contributed by atoms with van der Waals surface area (Å²) < 4.78 is 7.46. The van der Waals surface area contributed by atoms with Crippen LogP contribution in [0.25, 0.3) is 0 Å². The predicted octanol–water partition coefficient (Wildman–Crippen LogP) is 2.99. The molecule has 1 amide bonds. The normalized spacial score (nSPS) is 14.6. The number of carbonyl (C=O) groups excluding carboxylic acids is 1. The number of carbonyl (C=O) groups is 1. The lowest BCUT2D eigenvalue weighted by molar-refractivity contribution is -0.113. The van der Waals surface area contributed by atoms with Crippen molar-refractivity contribution in [3.63, 3.8) is 0 Å². The molecule has 1 aliphatic rings. The summed E-state index contributed by atoms with van der Waals surface area (Å²) in [6, 6.07) is 8.00. The Hall–Kier alpha value is -2.06. The number of rotatable bonds is 7. The van der Waals surface area contributed by atoms with Crippen molar-refractivity contribution in [3.05, 3.63) is 29.8 Å². The summed E-state index contributed by atoms with van der Waals surface area (Å²) in [5, 5.41) is 12.3. The van der Waals surface area contributed by atoms with Crippen molar-refractivity contribution in [2.45, 2.75) is 38.4 Å². The Morgan fingerprint density at radius 3 is 2.56 bits per heavy atom. The number of benzene rings is 1. The van der Waals surface area contributed by atoms with Gasteiger partial charge in [-0.3, -0.25) is 9.36 Å². The van der Waals surface area contributed by atoms with E-state index < -0.39 is 0 Å². The summed E-state index contributed by atoms with van der Waals surface area (Å²) in [6.45, 7) is 10.2. The number of aromatic nitrogens is 3. The molecule has 1 fully saturated rings. The number of hydrogen-bond acceptors (Lipinski definition) is 6. The maximum Gasteiger partial charge on any atom is 0.234 e. The molecule has 0 aliphatic carbocycles. The molecule has 0 saturated carbocycles. The molecular weight excluding hydrogens is 362 g/mol. The fourth-order valence-electron chi connectivity index (χ4n) is 2.94. The second-order valence-corrected chi connectivity index (χ2v) is 7.68. The molecule has 1 aliphatic heterocycles. The Labute approximate surface area is 164 Å². The molecule has 8 heteroatoms. The minimum absolute atomic E-state index is 0.0455. The number of ether oxygens (including phenoxy) is 1. The average Bonchev–Trinajstić information content (AvgIpc) is 3.10. The number of nitrogens with zero attached hydrogens (tertiary/aromatic N) is 4. The van der Waals surface area contributed by atoms with Crippen LogP contribution in [-0.2, 0) is 16.1 Å². The number of hydrogen-bond donors (Lipinski definition) is 1. The van der Waals surface area contributed by atoms with E-state index in [1.807, 2.05) is 12.1 Å². The third-order valence-corrected chi connectivity index (χ3v) is 5.47. The summed E-state index contributed by atoms with van der Waals surface area (Å²) >= 11 is 1.41. The fraction of sp³-hybridized carbons (Fsp3) is 0.526. The van der Waals surface area contributed by atoms with Crippen LogP contribution in [0.15, 0.2) is 29.4 Å². The number of thioether (sulfide) groups is 1. The van der Waals surface area contributed by atoms with Crippen LogP contribution < -0.4 is 10.2 Å². The van der Waals surface area contributed by atoms with E-state index in [0.717, 1.165) is 36.4 Å². The molecule has 0 spiro atoms. The molecule has 1 aromatic heterocycles. The monoisotopic (exact) mass is 389 g/mol. The second kappa shape index (κ2) is 9.23. The quantitative estimate of drug-likeness (QED) is 0.734. The molecule has 0 unspecified atom stereocenters. The van der Waals surface area contributed by atoms with Crippen LogP contribution in [0.2, 0.25) is 0 Å². The van der Waals surface area contributed by atoms with E-state index in [0.29, 0.717) is 24.9 Å². The van der Waals surface area contributed by atoms with Crippen LogP contribution in [-0.4, -0.2) is 52.7 Å². The van der Waals surface area contributed by atoms with Crippen LogP contribution in [0, 0.1) is 0 Å². The van der Waals surface area contributed by atoms with Gasteiger partial charge in [-0.1, -0.05) is 37.7 Å². The maximum absolute atomic E-state index is 12.3. The van der Waals surface area contributed by atoms with Gasteiger partial charge < -0.3 is 15.0 Å². The first kappa shape index (κ1) is 19.7.